The number of nitrogens with two attached hydrogens (primary N) is 2. The van der Waals surface area contributed by atoms with E-state index in [4.69, 9.17) is 39.9 Å². The fraction of sp³-hybridized carbons (Fsp3) is 0.909. The van der Waals surface area contributed by atoms with Crippen molar-refractivity contribution in [2.24, 2.45) is 22.4 Å². The van der Waals surface area contributed by atoms with E-state index < -0.39 is 58.5 Å². The fourth-order valence-electron chi connectivity index (χ4n) is 3.68. The number of ether oxygens (including phenoxy) is 6. The quantitative estimate of drug-likeness (QED) is 0.0397. The molecule has 1 fully saturated rings. The molecule has 0 spiro atoms. The van der Waals surface area contributed by atoms with Gasteiger partial charge in [0.1, 0.15) is 12.2 Å². The number of alkyl carbamates (subject to hydrolysis) is 1. The Labute approximate surface area is 229 Å². The predicted molar refractivity (Wildman–Crippen MR) is 139 cm³/mol. The highest BCUT2D eigenvalue weighted by atomic mass is 32.2. The minimum absolute atomic E-state index is 0.0486. The molecule has 6 atom stereocenters. The molecule has 1 heterocycles. The molecule has 8 N–H and O–H groups in total. The highest BCUT2D eigenvalue weighted by Gasteiger charge is 2.47. The van der Waals surface area contributed by atoms with Crippen LogP contribution in [0.15, 0.2) is 4.99 Å². The van der Waals surface area contributed by atoms with E-state index in [2.05, 4.69) is 10.3 Å². The number of hydrogen-bond acceptors (Lipinski definition) is 12. The van der Waals surface area contributed by atoms with Crippen molar-refractivity contribution in [1.82, 2.24) is 5.32 Å². The average molecular weight is 589 g/mol. The third kappa shape index (κ3) is 14.4. The lowest BCUT2D eigenvalue weighted by atomic mass is 9.86. The number of hydrogen-bond donors (Lipinski definition) is 6. The van der Waals surface area contributed by atoms with Crippen LogP contribution in [0.25, 0.3) is 0 Å². The van der Waals surface area contributed by atoms with Gasteiger partial charge >= 0.3 is 6.09 Å². The smallest absolute Gasteiger partial charge is 0.407 e. The summed E-state index contributed by atoms with van der Waals surface area (Å²) in [7, 11) is -4.69. The fourth-order valence-corrected chi connectivity index (χ4v) is 4.39. The molecule has 0 aromatic rings. The Bertz CT molecular complexity index is 815. The summed E-state index contributed by atoms with van der Waals surface area (Å²) in [5.74, 6) is -1.00. The molecule has 16 nitrogen and oxygen atoms in total. The average Bonchev–Trinajstić information content (AvgIpc) is 2.87. The molecule has 0 saturated carbocycles. The first-order valence-corrected chi connectivity index (χ1v) is 14.3. The van der Waals surface area contributed by atoms with Crippen molar-refractivity contribution >= 4 is 22.2 Å². The lowest BCUT2D eigenvalue weighted by Gasteiger charge is -2.41. The SMILES string of the molecule is CCCOCCOCCOCCOCCNC(=O)O[C@@H]([C@@H]1O[C@H](S(=O)(=O)O)C[C@H](N=C(N)N)[C@H]1C)[C@H](O)CO. The van der Waals surface area contributed by atoms with Crippen molar-refractivity contribution in [1.29, 1.82) is 0 Å². The molecule has 0 bridgehead atoms. The number of amides is 1. The Morgan fingerprint density at radius 1 is 1.05 bits per heavy atom. The van der Waals surface area contributed by atoms with E-state index in [1.165, 1.54) is 0 Å². The van der Waals surface area contributed by atoms with Gasteiger partial charge < -0.3 is 55.4 Å². The van der Waals surface area contributed by atoms with Crippen LogP contribution in [-0.2, 0) is 38.5 Å². The number of rotatable bonds is 20. The third-order valence-electron chi connectivity index (χ3n) is 5.63. The van der Waals surface area contributed by atoms with Crippen molar-refractivity contribution in [2.75, 3.05) is 66.0 Å². The first kappa shape index (κ1) is 35.2. The van der Waals surface area contributed by atoms with Gasteiger partial charge in [-0.15, -0.1) is 0 Å². The predicted octanol–water partition coefficient (Wildman–Crippen LogP) is -1.81. The lowest BCUT2D eigenvalue weighted by Crippen LogP contribution is -2.56. The van der Waals surface area contributed by atoms with E-state index in [1.54, 1.807) is 6.92 Å². The molecular formula is C22H44N4O12S. The molecule has 0 aromatic carbocycles. The molecule has 0 unspecified atom stereocenters. The highest BCUT2D eigenvalue weighted by Crippen LogP contribution is 2.33. The molecule has 1 saturated heterocycles. The van der Waals surface area contributed by atoms with Gasteiger partial charge in [0.2, 0.25) is 0 Å². The van der Waals surface area contributed by atoms with Gasteiger partial charge in [-0.3, -0.25) is 4.55 Å². The number of aliphatic imine (C=N–C) groups is 1. The molecule has 39 heavy (non-hydrogen) atoms. The van der Waals surface area contributed by atoms with Gasteiger partial charge in [0.15, 0.2) is 17.5 Å². The number of nitrogens with one attached hydrogen (secondary N) is 1. The van der Waals surface area contributed by atoms with Crippen molar-refractivity contribution in [2.45, 2.75) is 56.5 Å². The number of aliphatic hydroxyl groups is 2. The van der Waals surface area contributed by atoms with Gasteiger partial charge in [-0.1, -0.05) is 13.8 Å². The standard InChI is InChI=1S/C22H44N4O12S/c1-3-5-33-7-9-35-11-12-36-10-8-34-6-4-25-22(29)38-20(17(28)14-27)19-15(2)16(26-21(23)24)13-18(37-19)39(30,31)32/h15-20,27-28H,3-14H2,1-2H3,(H,25,29)(H4,23,24,26)(H,30,31,32)/t15-,16+,17-,18-,19-,20-/m1/s1. The number of guanidine groups is 1. The maximum absolute atomic E-state index is 12.4. The van der Waals surface area contributed by atoms with Crippen molar-refractivity contribution in [3.05, 3.63) is 0 Å². The molecule has 0 radical (unpaired) electrons. The molecule has 1 aliphatic rings. The minimum Gasteiger partial charge on any atom is -0.441 e. The number of carbonyl (C=O) groups is 1. The van der Waals surface area contributed by atoms with Gasteiger partial charge in [-0.05, 0) is 6.42 Å². The Kier molecular flexibility index (Phi) is 17.4. The molecule has 0 aliphatic carbocycles. The van der Waals surface area contributed by atoms with Crippen LogP contribution >= 0.6 is 0 Å². The van der Waals surface area contributed by atoms with Gasteiger partial charge in [0.25, 0.3) is 10.1 Å². The van der Waals surface area contributed by atoms with Crippen LogP contribution in [0.1, 0.15) is 26.7 Å². The molecule has 1 aliphatic heterocycles. The first-order valence-electron chi connectivity index (χ1n) is 12.8. The topological polar surface area (TPSA) is 244 Å². The summed E-state index contributed by atoms with van der Waals surface area (Å²) in [4.78, 5) is 16.3. The molecule has 17 heteroatoms. The van der Waals surface area contributed by atoms with E-state index in [-0.39, 0.29) is 32.1 Å². The van der Waals surface area contributed by atoms with Gasteiger partial charge in [0.05, 0.1) is 58.9 Å². The van der Waals surface area contributed by atoms with Crippen LogP contribution in [0, 0.1) is 5.92 Å². The first-order chi connectivity index (χ1) is 18.5. The summed E-state index contributed by atoms with van der Waals surface area (Å²) < 4.78 is 65.2. The Hall–Kier alpha value is -1.83. The second-order valence-electron chi connectivity index (χ2n) is 8.76. The number of nitrogens with zero attached hydrogens (tertiary/aromatic N) is 1. The number of aliphatic hydroxyl groups excluding tert-OH is 2. The summed E-state index contributed by atoms with van der Waals surface area (Å²) in [6.45, 7) is 6.17. The van der Waals surface area contributed by atoms with Crippen LogP contribution in [0.3, 0.4) is 0 Å². The van der Waals surface area contributed by atoms with E-state index >= 15 is 0 Å². The normalized spacial score (nSPS) is 23.1. The number of carbonyl (C=O) groups excluding carboxylic acids is 1. The van der Waals surface area contributed by atoms with Crippen molar-refractivity contribution in [3.8, 4) is 0 Å². The zero-order chi connectivity index (χ0) is 29.3. The van der Waals surface area contributed by atoms with Gasteiger partial charge in [0, 0.05) is 25.5 Å². The third-order valence-corrected chi connectivity index (χ3v) is 6.60. The summed E-state index contributed by atoms with van der Waals surface area (Å²) in [6, 6.07) is -0.845. The van der Waals surface area contributed by atoms with Gasteiger partial charge in [-0.25, -0.2) is 9.79 Å². The van der Waals surface area contributed by atoms with Crippen LogP contribution in [0.5, 0.6) is 0 Å². The Morgan fingerprint density at radius 3 is 2.08 bits per heavy atom. The van der Waals surface area contributed by atoms with Crippen LogP contribution < -0.4 is 16.8 Å². The maximum Gasteiger partial charge on any atom is 0.407 e. The van der Waals surface area contributed by atoms with E-state index in [0.717, 1.165) is 6.42 Å². The van der Waals surface area contributed by atoms with Crippen LogP contribution in [0.4, 0.5) is 4.79 Å². The monoisotopic (exact) mass is 588 g/mol. The second-order valence-corrected chi connectivity index (χ2v) is 10.3. The molecule has 230 valence electrons. The maximum atomic E-state index is 12.4. The largest absolute Gasteiger partial charge is 0.441 e. The Morgan fingerprint density at radius 2 is 1.59 bits per heavy atom. The zero-order valence-corrected chi connectivity index (χ0v) is 23.3. The van der Waals surface area contributed by atoms with Crippen LogP contribution in [0.2, 0.25) is 0 Å². The summed E-state index contributed by atoms with van der Waals surface area (Å²) >= 11 is 0. The van der Waals surface area contributed by atoms with E-state index in [9.17, 15) is 28.0 Å². The molecule has 1 rings (SSSR count). The Balaban J connectivity index is 2.46. The van der Waals surface area contributed by atoms with Crippen molar-refractivity contribution < 1.29 is 56.4 Å². The molecular weight excluding hydrogens is 544 g/mol. The molecule has 1 amide bonds. The van der Waals surface area contributed by atoms with E-state index in [0.29, 0.717) is 39.6 Å². The molecule has 0 aromatic heterocycles. The highest BCUT2D eigenvalue weighted by molar-refractivity contribution is 7.86. The summed E-state index contributed by atoms with van der Waals surface area (Å²) in [6.07, 6.45) is -4.72. The minimum atomic E-state index is -4.69. The van der Waals surface area contributed by atoms with Crippen LogP contribution in [-0.4, -0.2) is 131 Å². The zero-order valence-electron chi connectivity index (χ0n) is 22.5. The summed E-state index contributed by atoms with van der Waals surface area (Å²) in [5.41, 5.74) is 9.12. The van der Waals surface area contributed by atoms with Gasteiger partial charge in [-0.2, -0.15) is 8.42 Å². The van der Waals surface area contributed by atoms with E-state index in [1.807, 2.05) is 6.92 Å². The second kappa shape index (κ2) is 19.3. The van der Waals surface area contributed by atoms with Crippen molar-refractivity contribution in [3.63, 3.8) is 0 Å². The lowest BCUT2D eigenvalue weighted by molar-refractivity contribution is -0.151. The summed E-state index contributed by atoms with van der Waals surface area (Å²) in [5, 5.41) is 22.2.